The summed E-state index contributed by atoms with van der Waals surface area (Å²) >= 11 is 0. The summed E-state index contributed by atoms with van der Waals surface area (Å²) in [7, 11) is 0. The third-order valence-electron chi connectivity index (χ3n) is 3.21. The van der Waals surface area contributed by atoms with E-state index in [4.69, 9.17) is 10.5 Å². The molecule has 1 aromatic heterocycles. The van der Waals surface area contributed by atoms with Gasteiger partial charge in [-0.1, -0.05) is 12.1 Å². The van der Waals surface area contributed by atoms with Crippen LogP contribution in [0, 0.1) is 6.92 Å². The number of nitrogens with two attached hydrogens (primary N) is 1. The average Bonchev–Trinajstić information content (AvgIpc) is 2.73. The molecule has 0 atom stereocenters. The first-order chi connectivity index (χ1) is 10.9. The number of nitrogens with zero attached hydrogens (tertiary/aromatic N) is 2. The zero-order chi connectivity index (χ0) is 18.3. The quantitative estimate of drug-likeness (QED) is 0.842. The SMILES string of the molecule is Cc1c(N)c(-c2ccc(C(F)(F)F)cc2)nn1C(=O)OC(C)(C)C. The molecule has 0 amide bonds. The van der Waals surface area contributed by atoms with Gasteiger partial charge in [0.25, 0.3) is 0 Å². The van der Waals surface area contributed by atoms with E-state index < -0.39 is 23.4 Å². The van der Waals surface area contributed by atoms with E-state index in [1.165, 1.54) is 12.1 Å². The molecule has 0 aliphatic carbocycles. The van der Waals surface area contributed by atoms with Crippen molar-refractivity contribution in [3.63, 3.8) is 0 Å². The predicted molar refractivity (Wildman–Crippen MR) is 83.4 cm³/mol. The summed E-state index contributed by atoms with van der Waals surface area (Å²) in [4.78, 5) is 12.1. The molecular formula is C16H18F3N3O2. The minimum atomic E-state index is -4.42. The Labute approximate surface area is 137 Å². The molecule has 8 heteroatoms. The number of hydrogen-bond donors (Lipinski definition) is 1. The molecule has 0 radical (unpaired) electrons. The van der Waals surface area contributed by atoms with E-state index in [9.17, 15) is 18.0 Å². The van der Waals surface area contributed by atoms with Crippen molar-refractivity contribution < 1.29 is 22.7 Å². The van der Waals surface area contributed by atoms with Crippen molar-refractivity contribution in [2.24, 2.45) is 0 Å². The molecule has 0 saturated carbocycles. The van der Waals surface area contributed by atoms with Gasteiger partial charge in [0, 0.05) is 5.56 Å². The number of rotatable bonds is 1. The standard InChI is InChI=1S/C16H18F3N3O2/c1-9-12(20)13(21-22(9)14(23)24-15(2,3)4)10-5-7-11(8-6-10)16(17,18)19/h5-8H,20H2,1-4H3. The summed E-state index contributed by atoms with van der Waals surface area (Å²) in [6.45, 7) is 6.72. The van der Waals surface area contributed by atoms with Crippen molar-refractivity contribution in [3.05, 3.63) is 35.5 Å². The van der Waals surface area contributed by atoms with Crippen LogP contribution in [0.4, 0.5) is 23.7 Å². The lowest BCUT2D eigenvalue weighted by Crippen LogP contribution is -2.28. The largest absolute Gasteiger partial charge is 0.442 e. The fourth-order valence-electron chi connectivity index (χ4n) is 2.03. The van der Waals surface area contributed by atoms with Gasteiger partial charge in [-0.15, -0.1) is 0 Å². The lowest BCUT2D eigenvalue weighted by Gasteiger charge is -2.19. The number of carbonyl (C=O) groups is 1. The predicted octanol–water partition coefficient (Wildman–Crippen LogP) is 4.24. The van der Waals surface area contributed by atoms with Gasteiger partial charge < -0.3 is 10.5 Å². The first kappa shape index (κ1) is 17.8. The maximum atomic E-state index is 12.6. The second-order valence-corrected chi connectivity index (χ2v) is 6.31. The Kier molecular flexibility index (Phi) is 4.34. The molecule has 0 spiro atoms. The van der Waals surface area contributed by atoms with Crippen LogP contribution >= 0.6 is 0 Å². The molecule has 130 valence electrons. The van der Waals surface area contributed by atoms with E-state index in [-0.39, 0.29) is 11.4 Å². The molecule has 0 bridgehead atoms. The van der Waals surface area contributed by atoms with Crippen LogP contribution in [0.2, 0.25) is 0 Å². The van der Waals surface area contributed by atoms with Crippen LogP contribution in [0.15, 0.2) is 24.3 Å². The fourth-order valence-corrected chi connectivity index (χ4v) is 2.03. The van der Waals surface area contributed by atoms with Crippen molar-refractivity contribution in [1.29, 1.82) is 0 Å². The monoisotopic (exact) mass is 341 g/mol. The zero-order valence-electron chi connectivity index (χ0n) is 13.7. The van der Waals surface area contributed by atoms with E-state index in [1.54, 1.807) is 27.7 Å². The lowest BCUT2D eigenvalue weighted by molar-refractivity contribution is -0.137. The summed E-state index contributed by atoms with van der Waals surface area (Å²) < 4.78 is 44.1. The van der Waals surface area contributed by atoms with Crippen molar-refractivity contribution in [2.75, 3.05) is 5.73 Å². The number of benzene rings is 1. The fraction of sp³-hybridized carbons (Fsp3) is 0.375. The minimum absolute atomic E-state index is 0.209. The van der Waals surface area contributed by atoms with Gasteiger partial charge in [-0.25, -0.2) is 4.79 Å². The molecule has 2 N–H and O–H groups in total. The second-order valence-electron chi connectivity index (χ2n) is 6.31. The average molecular weight is 341 g/mol. The Morgan fingerprint density at radius 1 is 1.17 bits per heavy atom. The van der Waals surface area contributed by atoms with E-state index in [0.717, 1.165) is 16.8 Å². The Hall–Kier alpha value is -2.51. The van der Waals surface area contributed by atoms with Crippen LogP contribution < -0.4 is 5.73 Å². The summed E-state index contributed by atoms with van der Waals surface area (Å²) in [5, 5.41) is 4.09. The van der Waals surface area contributed by atoms with Crippen LogP contribution in [0.3, 0.4) is 0 Å². The molecule has 5 nitrogen and oxygen atoms in total. The minimum Gasteiger partial charge on any atom is -0.442 e. The topological polar surface area (TPSA) is 70.1 Å². The molecule has 0 aliphatic rings. The van der Waals surface area contributed by atoms with Crippen LogP contribution in [-0.2, 0) is 10.9 Å². The van der Waals surface area contributed by atoms with Gasteiger partial charge in [-0.2, -0.15) is 23.0 Å². The number of anilines is 1. The highest BCUT2D eigenvalue weighted by Gasteiger charge is 2.30. The molecule has 2 aromatic rings. The molecule has 1 aromatic carbocycles. The summed E-state index contributed by atoms with van der Waals surface area (Å²) in [5.41, 5.74) is 5.65. The molecule has 0 aliphatic heterocycles. The van der Waals surface area contributed by atoms with Gasteiger partial charge in [0.15, 0.2) is 0 Å². The zero-order valence-corrected chi connectivity index (χ0v) is 13.7. The van der Waals surface area contributed by atoms with Crippen molar-refractivity contribution in [1.82, 2.24) is 9.78 Å². The smallest absolute Gasteiger partial charge is 0.435 e. The van der Waals surface area contributed by atoms with Gasteiger partial charge in [-0.05, 0) is 39.8 Å². The highest BCUT2D eigenvalue weighted by Crippen LogP contribution is 2.33. The highest BCUT2D eigenvalue weighted by atomic mass is 19.4. The molecule has 2 rings (SSSR count). The number of halogens is 3. The van der Waals surface area contributed by atoms with Gasteiger partial charge in [0.2, 0.25) is 0 Å². The van der Waals surface area contributed by atoms with Crippen molar-refractivity contribution >= 4 is 11.8 Å². The molecule has 24 heavy (non-hydrogen) atoms. The van der Waals surface area contributed by atoms with E-state index in [0.29, 0.717) is 11.3 Å². The van der Waals surface area contributed by atoms with Gasteiger partial charge in [0.05, 0.1) is 16.9 Å². The molecule has 0 saturated heterocycles. The highest BCUT2D eigenvalue weighted by molar-refractivity contribution is 5.80. The second kappa shape index (κ2) is 5.85. The number of ether oxygens (including phenoxy) is 1. The Balaban J connectivity index is 2.39. The number of alkyl halides is 3. The maximum absolute atomic E-state index is 12.6. The molecule has 0 fully saturated rings. The number of aromatic nitrogens is 2. The summed E-state index contributed by atoms with van der Waals surface area (Å²) in [6, 6.07) is 4.41. The van der Waals surface area contributed by atoms with Crippen molar-refractivity contribution in [3.8, 4) is 11.3 Å². The van der Waals surface area contributed by atoms with Gasteiger partial charge in [-0.3, -0.25) is 0 Å². The molecular weight excluding hydrogens is 323 g/mol. The van der Waals surface area contributed by atoms with Crippen molar-refractivity contribution in [2.45, 2.75) is 39.5 Å². The normalized spacial score (nSPS) is 12.3. The van der Waals surface area contributed by atoms with Crippen LogP contribution in [-0.4, -0.2) is 21.5 Å². The summed E-state index contributed by atoms with van der Waals surface area (Å²) in [5.74, 6) is 0. The summed E-state index contributed by atoms with van der Waals surface area (Å²) in [6.07, 6.45) is -5.12. The number of nitrogen functional groups attached to an aromatic ring is 1. The van der Waals surface area contributed by atoms with E-state index in [1.807, 2.05) is 0 Å². The number of carbonyl (C=O) groups excluding carboxylic acids is 1. The van der Waals surface area contributed by atoms with Crippen LogP contribution in [0.1, 0.15) is 32.0 Å². The first-order valence-electron chi connectivity index (χ1n) is 7.16. The third-order valence-corrected chi connectivity index (χ3v) is 3.21. The number of hydrogen-bond acceptors (Lipinski definition) is 4. The lowest BCUT2D eigenvalue weighted by atomic mass is 10.1. The van der Waals surface area contributed by atoms with E-state index in [2.05, 4.69) is 5.10 Å². The van der Waals surface area contributed by atoms with Gasteiger partial charge in [0.1, 0.15) is 11.3 Å². The van der Waals surface area contributed by atoms with Gasteiger partial charge >= 0.3 is 12.3 Å². The van der Waals surface area contributed by atoms with Crippen LogP contribution in [0.5, 0.6) is 0 Å². The maximum Gasteiger partial charge on any atom is 0.435 e. The Bertz CT molecular complexity index is 757. The van der Waals surface area contributed by atoms with Crippen LogP contribution in [0.25, 0.3) is 11.3 Å². The Morgan fingerprint density at radius 3 is 2.17 bits per heavy atom. The first-order valence-corrected chi connectivity index (χ1v) is 7.16. The molecule has 1 heterocycles. The third kappa shape index (κ3) is 3.69. The molecule has 0 unspecified atom stereocenters. The van der Waals surface area contributed by atoms with E-state index >= 15 is 0 Å². The Morgan fingerprint density at radius 2 is 1.71 bits per heavy atom.